The fraction of sp³-hybridized carbons (Fsp3) is 0.154. The molecule has 0 unspecified atom stereocenters. The summed E-state index contributed by atoms with van der Waals surface area (Å²) >= 11 is 7.25. The summed E-state index contributed by atoms with van der Waals surface area (Å²) in [5.74, 6) is 0.442. The van der Waals surface area contributed by atoms with Gasteiger partial charge >= 0.3 is 0 Å². The molecular formula is C13H11ClFN3OS. The van der Waals surface area contributed by atoms with Crippen LogP contribution < -0.4 is 10.5 Å². The molecule has 2 heterocycles. The van der Waals surface area contributed by atoms with Gasteiger partial charge in [0.05, 0.1) is 10.7 Å². The first kappa shape index (κ1) is 13.4. The number of rotatable bonds is 4. The first-order chi connectivity index (χ1) is 9.69. The number of aromatic nitrogens is 2. The van der Waals surface area contributed by atoms with E-state index in [1.165, 1.54) is 29.5 Å². The van der Waals surface area contributed by atoms with Crippen LogP contribution in [0.5, 0.6) is 11.6 Å². The summed E-state index contributed by atoms with van der Waals surface area (Å²) in [6.45, 7) is 0.490. The maximum absolute atomic E-state index is 13.1. The number of benzene rings is 1. The van der Waals surface area contributed by atoms with Crippen LogP contribution in [0.4, 0.5) is 4.39 Å². The van der Waals surface area contributed by atoms with Gasteiger partial charge in [0.1, 0.15) is 11.6 Å². The molecular weight excluding hydrogens is 301 g/mol. The summed E-state index contributed by atoms with van der Waals surface area (Å²) in [6, 6.07) is 4.20. The molecule has 4 nitrogen and oxygen atoms in total. The Morgan fingerprint density at radius 2 is 2.30 bits per heavy atom. The molecule has 7 heteroatoms. The Morgan fingerprint density at radius 1 is 1.45 bits per heavy atom. The summed E-state index contributed by atoms with van der Waals surface area (Å²) in [4.78, 5) is 5.24. The van der Waals surface area contributed by atoms with Gasteiger partial charge in [0.2, 0.25) is 5.88 Å². The number of ether oxygens (including phenoxy) is 1. The molecule has 3 aromatic rings. The predicted octanol–water partition coefficient (Wildman–Crippen LogP) is 3.48. The lowest BCUT2D eigenvalue weighted by Gasteiger charge is -2.06. The second-order valence-electron chi connectivity index (χ2n) is 4.14. The molecule has 0 amide bonds. The van der Waals surface area contributed by atoms with Gasteiger partial charge in [0.25, 0.3) is 0 Å². The zero-order chi connectivity index (χ0) is 14.1. The van der Waals surface area contributed by atoms with Crippen molar-refractivity contribution in [3.63, 3.8) is 0 Å². The van der Waals surface area contributed by atoms with E-state index in [4.69, 9.17) is 22.1 Å². The lowest BCUT2D eigenvalue weighted by atomic mass is 10.3. The minimum absolute atomic E-state index is 0.0175. The zero-order valence-corrected chi connectivity index (χ0v) is 11.9. The smallest absolute Gasteiger partial charge is 0.242 e. The van der Waals surface area contributed by atoms with Gasteiger partial charge in [0.15, 0.2) is 4.96 Å². The maximum atomic E-state index is 13.1. The minimum atomic E-state index is -0.480. The highest BCUT2D eigenvalue weighted by molar-refractivity contribution is 7.15. The molecule has 0 atom stereocenters. The third-order valence-electron chi connectivity index (χ3n) is 2.81. The molecule has 0 aliphatic carbocycles. The van der Waals surface area contributed by atoms with Gasteiger partial charge in [-0.25, -0.2) is 4.39 Å². The molecule has 0 fully saturated rings. The van der Waals surface area contributed by atoms with Crippen LogP contribution in [0.25, 0.3) is 4.96 Å². The molecule has 0 aliphatic rings. The second kappa shape index (κ2) is 5.40. The van der Waals surface area contributed by atoms with Crippen LogP contribution in [0.3, 0.4) is 0 Å². The summed E-state index contributed by atoms with van der Waals surface area (Å²) < 4.78 is 20.8. The summed E-state index contributed by atoms with van der Waals surface area (Å²) in [6.07, 6.45) is 2.56. The second-order valence-corrected chi connectivity index (χ2v) is 5.42. The van der Waals surface area contributed by atoms with Crippen LogP contribution in [0.2, 0.25) is 5.02 Å². The Balaban J connectivity index is 1.98. The Hall–Kier alpha value is -1.63. The van der Waals surface area contributed by atoms with Gasteiger partial charge < -0.3 is 10.5 Å². The summed E-state index contributed by atoms with van der Waals surface area (Å²) in [7, 11) is 0. The molecule has 0 aliphatic heterocycles. The fourth-order valence-electron chi connectivity index (χ4n) is 1.91. The van der Waals surface area contributed by atoms with Crippen molar-refractivity contribution in [2.24, 2.45) is 5.73 Å². The number of hydrogen-bond donors (Lipinski definition) is 1. The Labute approximate surface area is 123 Å². The number of halogens is 2. The molecule has 0 spiro atoms. The van der Waals surface area contributed by atoms with Gasteiger partial charge in [-0.2, -0.15) is 4.98 Å². The van der Waals surface area contributed by atoms with E-state index in [0.717, 1.165) is 10.7 Å². The van der Waals surface area contributed by atoms with E-state index in [-0.39, 0.29) is 5.02 Å². The maximum Gasteiger partial charge on any atom is 0.242 e. The summed E-state index contributed by atoms with van der Waals surface area (Å²) in [5.41, 5.74) is 6.51. The van der Waals surface area contributed by atoms with E-state index in [9.17, 15) is 4.39 Å². The third-order valence-corrected chi connectivity index (χ3v) is 3.86. The van der Waals surface area contributed by atoms with Crippen molar-refractivity contribution >= 4 is 27.9 Å². The Kier molecular flexibility index (Phi) is 3.60. The normalized spacial score (nSPS) is 11.2. The summed E-state index contributed by atoms with van der Waals surface area (Å²) in [5, 5.41) is 1.96. The molecule has 20 heavy (non-hydrogen) atoms. The highest BCUT2D eigenvalue weighted by Gasteiger charge is 2.15. The van der Waals surface area contributed by atoms with Crippen LogP contribution in [0.15, 0.2) is 29.8 Å². The van der Waals surface area contributed by atoms with Crippen LogP contribution in [-0.2, 0) is 6.42 Å². The van der Waals surface area contributed by atoms with Crippen LogP contribution >= 0.6 is 22.9 Å². The van der Waals surface area contributed by atoms with Crippen molar-refractivity contribution in [3.8, 4) is 11.6 Å². The number of thiazole rings is 1. The number of nitrogens with two attached hydrogens (primary N) is 1. The molecule has 0 saturated carbocycles. The first-order valence-electron chi connectivity index (χ1n) is 5.96. The zero-order valence-electron chi connectivity index (χ0n) is 10.3. The Morgan fingerprint density at radius 3 is 3.05 bits per heavy atom. The fourth-order valence-corrected chi connectivity index (χ4v) is 2.81. The van der Waals surface area contributed by atoms with Gasteiger partial charge in [-0.15, -0.1) is 11.3 Å². The molecule has 2 aromatic heterocycles. The van der Waals surface area contributed by atoms with E-state index < -0.39 is 5.82 Å². The number of hydrogen-bond acceptors (Lipinski definition) is 4. The average molecular weight is 312 g/mol. The van der Waals surface area contributed by atoms with E-state index in [2.05, 4.69) is 4.98 Å². The number of nitrogens with zero attached hydrogens (tertiary/aromatic N) is 2. The van der Waals surface area contributed by atoms with E-state index in [1.807, 2.05) is 16.0 Å². The third kappa shape index (κ3) is 2.37. The van der Waals surface area contributed by atoms with Crippen molar-refractivity contribution in [2.45, 2.75) is 6.42 Å². The molecule has 3 rings (SSSR count). The first-order valence-corrected chi connectivity index (χ1v) is 7.22. The molecule has 0 radical (unpaired) electrons. The van der Waals surface area contributed by atoms with Gasteiger partial charge in [-0.3, -0.25) is 4.40 Å². The SMILES string of the molecule is NCCc1c(Oc2ccc(F)c(Cl)c2)nc2sccn12. The van der Waals surface area contributed by atoms with Crippen LogP contribution in [0.1, 0.15) is 5.69 Å². The topological polar surface area (TPSA) is 52.5 Å². The Bertz CT molecular complexity index is 755. The number of fused-ring (bicyclic) bond motifs is 1. The number of imidazole rings is 1. The highest BCUT2D eigenvalue weighted by Crippen LogP contribution is 2.30. The lowest BCUT2D eigenvalue weighted by Crippen LogP contribution is -2.05. The molecule has 104 valence electrons. The standard InChI is InChI=1S/C13H11ClFN3OS/c14-9-7-8(1-2-10(9)15)19-12-11(3-4-16)18-5-6-20-13(18)17-12/h1-2,5-7H,3-4,16H2. The van der Waals surface area contributed by atoms with Crippen molar-refractivity contribution in [3.05, 3.63) is 46.3 Å². The van der Waals surface area contributed by atoms with E-state index in [1.54, 1.807) is 0 Å². The van der Waals surface area contributed by atoms with Gasteiger partial charge in [-0.05, 0) is 18.7 Å². The van der Waals surface area contributed by atoms with E-state index >= 15 is 0 Å². The minimum Gasteiger partial charge on any atom is -0.437 e. The highest BCUT2D eigenvalue weighted by atomic mass is 35.5. The van der Waals surface area contributed by atoms with E-state index in [0.29, 0.717) is 24.6 Å². The average Bonchev–Trinajstić information content (AvgIpc) is 2.98. The van der Waals surface area contributed by atoms with Crippen molar-refractivity contribution < 1.29 is 9.13 Å². The molecule has 2 N–H and O–H groups in total. The molecule has 1 aromatic carbocycles. The van der Waals surface area contributed by atoms with Gasteiger partial charge in [-0.1, -0.05) is 11.6 Å². The quantitative estimate of drug-likeness (QED) is 0.802. The van der Waals surface area contributed by atoms with Crippen LogP contribution in [-0.4, -0.2) is 15.9 Å². The molecule has 0 bridgehead atoms. The van der Waals surface area contributed by atoms with Crippen LogP contribution in [0, 0.1) is 5.82 Å². The van der Waals surface area contributed by atoms with Crippen molar-refractivity contribution in [1.29, 1.82) is 0 Å². The lowest BCUT2D eigenvalue weighted by molar-refractivity contribution is 0.457. The monoisotopic (exact) mass is 311 g/mol. The predicted molar refractivity (Wildman–Crippen MR) is 77.3 cm³/mol. The van der Waals surface area contributed by atoms with Gasteiger partial charge in [0, 0.05) is 24.1 Å². The largest absolute Gasteiger partial charge is 0.437 e. The van der Waals surface area contributed by atoms with Crippen molar-refractivity contribution in [2.75, 3.05) is 6.54 Å². The van der Waals surface area contributed by atoms with Crippen molar-refractivity contribution in [1.82, 2.24) is 9.38 Å². The molecule has 0 saturated heterocycles.